The van der Waals surface area contributed by atoms with E-state index >= 15 is 0 Å². The van der Waals surface area contributed by atoms with Crippen LogP contribution in [0, 0.1) is 5.92 Å². The lowest BCUT2D eigenvalue weighted by molar-refractivity contribution is -0.143. The lowest BCUT2D eigenvalue weighted by Crippen LogP contribution is -2.52. The van der Waals surface area contributed by atoms with E-state index in [9.17, 15) is 14.4 Å². The van der Waals surface area contributed by atoms with E-state index in [0.29, 0.717) is 59.0 Å². The second-order valence-corrected chi connectivity index (χ2v) is 9.17. The van der Waals surface area contributed by atoms with E-state index in [0.717, 1.165) is 11.1 Å². The number of carbonyl (C=O) groups is 3. The van der Waals surface area contributed by atoms with Crippen LogP contribution in [-0.2, 0) is 36.8 Å². The summed E-state index contributed by atoms with van der Waals surface area (Å²) in [5.74, 6) is -0.550. The van der Waals surface area contributed by atoms with Crippen molar-refractivity contribution >= 4 is 17.8 Å². The van der Waals surface area contributed by atoms with Crippen LogP contribution >= 0.6 is 0 Å². The van der Waals surface area contributed by atoms with Crippen molar-refractivity contribution in [3.63, 3.8) is 0 Å². The van der Waals surface area contributed by atoms with E-state index in [-0.39, 0.29) is 36.5 Å². The molecule has 0 radical (unpaired) electrons. The number of nitrogens with one attached hydrogen (secondary N) is 1. The van der Waals surface area contributed by atoms with Crippen LogP contribution in [-0.4, -0.2) is 68.2 Å². The van der Waals surface area contributed by atoms with Crippen LogP contribution in [0.4, 0.5) is 4.79 Å². The lowest BCUT2D eigenvalue weighted by atomic mass is 9.92. The first-order chi connectivity index (χ1) is 18.0. The van der Waals surface area contributed by atoms with Gasteiger partial charge in [0.2, 0.25) is 0 Å². The van der Waals surface area contributed by atoms with Crippen molar-refractivity contribution in [1.82, 2.24) is 10.2 Å². The summed E-state index contributed by atoms with van der Waals surface area (Å²) in [7, 11) is 0. The summed E-state index contributed by atoms with van der Waals surface area (Å²) in [5.41, 5.74) is 2.00. The fourth-order valence-corrected chi connectivity index (χ4v) is 4.25. The Bertz CT molecular complexity index is 963. The largest absolute Gasteiger partial charge is 0.466 e. The fraction of sp³-hybridized carbons (Fsp3) is 0.483. The maximum atomic E-state index is 13.6. The number of ketones is 1. The Kier molecular flexibility index (Phi) is 12.1. The molecule has 0 aromatic heterocycles. The first-order valence-electron chi connectivity index (χ1n) is 13.0. The number of rotatable bonds is 14. The van der Waals surface area contributed by atoms with Crippen LogP contribution in [0.5, 0.6) is 0 Å². The summed E-state index contributed by atoms with van der Waals surface area (Å²) in [6.45, 7) is 4.80. The second-order valence-electron chi connectivity index (χ2n) is 9.17. The molecule has 0 aliphatic carbocycles. The van der Waals surface area contributed by atoms with Gasteiger partial charge >= 0.3 is 12.0 Å². The molecular formula is C29H38N2O6. The van der Waals surface area contributed by atoms with Crippen LogP contribution in [0.2, 0.25) is 0 Å². The van der Waals surface area contributed by atoms with Crippen LogP contribution in [0.15, 0.2) is 60.7 Å². The number of morpholine rings is 1. The summed E-state index contributed by atoms with van der Waals surface area (Å²) in [4.78, 5) is 40.2. The highest BCUT2D eigenvalue weighted by Gasteiger charge is 2.27. The molecule has 3 rings (SSSR count). The molecule has 2 amide bonds. The molecule has 1 N–H and O–H groups in total. The molecule has 2 atom stereocenters. The van der Waals surface area contributed by atoms with Gasteiger partial charge in [-0.05, 0) is 36.8 Å². The van der Waals surface area contributed by atoms with Gasteiger partial charge in [0.15, 0.2) is 5.78 Å². The highest BCUT2D eigenvalue weighted by molar-refractivity contribution is 5.89. The molecule has 0 spiro atoms. The maximum Gasteiger partial charge on any atom is 0.318 e. The highest BCUT2D eigenvalue weighted by atomic mass is 16.5. The number of hydrogen-bond acceptors (Lipinski definition) is 6. The summed E-state index contributed by atoms with van der Waals surface area (Å²) in [5, 5.41) is 2.96. The number of urea groups is 1. The highest BCUT2D eigenvalue weighted by Crippen LogP contribution is 2.18. The summed E-state index contributed by atoms with van der Waals surface area (Å²) < 4.78 is 16.4. The third-order valence-corrected chi connectivity index (χ3v) is 6.28. The van der Waals surface area contributed by atoms with Gasteiger partial charge in [0, 0.05) is 25.9 Å². The van der Waals surface area contributed by atoms with Gasteiger partial charge in [0.05, 0.1) is 39.1 Å². The van der Waals surface area contributed by atoms with Crippen molar-refractivity contribution in [3.8, 4) is 0 Å². The van der Waals surface area contributed by atoms with Crippen LogP contribution < -0.4 is 5.32 Å². The summed E-state index contributed by atoms with van der Waals surface area (Å²) in [6.07, 6.45) is 1.26. The molecule has 1 aliphatic heterocycles. The van der Waals surface area contributed by atoms with E-state index in [1.165, 1.54) is 0 Å². The summed E-state index contributed by atoms with van der Waals surface area (Å²) in [6, 6.07) is 18.5. The molecule has 2 aromatic rings. The van der Waals surface area contributed by atoms with E-state index in [2.05, 4.69) is 5.32 Å². The van der Waals surface area contributed by atoms with Crippen molar-refractivity contribution in [2.75, 3.05) is 39.5 Å². The van der Waals surface area contributed by atoms with Crippen molar-refractivity contribution in [2.24, 2.45) is 5.92 Å². The molecule has 0 unspecified atom stereocenters. The van der Waals surface area contributed by atoms with Gasteiger partial charge in [0.25, 0.3) is 0 Å². The minimum atomic E-state index is -0.683. The molecular weight excluding hydrogens is 472 g/mol. The number of esters is 1. The number of benzene rings is 2. The Morgan fingerprint density at radius 2 is 1.62 bits per heavy atom. The minimum absolute atomic E-state index is 0.0809. The molecule has 1 aliphatic rings. The number of Topliss-reactive ketones (excluding diaryl/α,β-unsaturated/α-hetero) is 1. The van der Waals surface area contributed by atoms with E-state index in [4.69, 9.17) is 14.2 Å². The smallest absolute Gasteiger partial charge is 0.318 e. The Morgan fingerprint density at radius 3 is 2.27 bits per heavy atom. The fourth-order valence-electron chi connectivity index (χ4n) is 4.25. The molecule has 0 saturated carbocycles. The van der Waals surface area contributed by atoms with Crippen LogP contribution in [0.25, 0.3) is 0 Å². The number of carbonyl (C=O) groups excluding carboxylic acids is 3. The van der Waals surface area contributed by atoms with Crippen molar-refractivity contribution < 1.29 is 28.6 Å². The van der Waals surface area contributed by atoms with E-state index in [1.54, 1.807) is 11.8 Å². The third kappa shape index (κ3) is 10.3. The van der Waals surface area contributed by atoms with Crippen molar-refractivity contribution in [1.29, 1.82) is 0 Å². The van der Waals surface area contributed by atoms with Crippen molar-refractivity contribution in [3.05, 3.63) is 71.8 Å². The van der Waals surface area contributed by atoms with E-state index in [1.807, 2.05) is 60.7 Å². The van der Waals surface area contributed by atoms with Gasteiger partial charge in [-0.15, -0.1) is 0 Å². The molecule has 2 aromatic carbocycles. The Morgan fingerprint density at radius 1 is 0.973 bits per heavy atom. The Hall–Kier alpha value is -3.23. The number of ether oxygens (including phenoxy) is 3. The quantitative estimate of drug-likeness (QED) is 0.389. The first-order valence-corrected chi connectivity index (χ1v) is 13.0. The normalized spacial score (nSPS) is 15.0. The summed E-state index contributed by atoms with van der Waals surface area (Å²) >= 11 is 0. The van der Waals surface area contributed by atoms with Gasteiger partial charge in [-0.3, -0.25) is 9.59 Å². The maximum absolute atomic E-state index is 13.6. The standard InChI is InChI=1S/C29H38N2O6/c1-2-37-28(33)14-13-25(22-36-21-24-11-7-4-8-12-24)20-27(32)26(19-23-9-5-3-6-10-23)30-29(34)31-15-17-35-18-16-31/h3-12,25-26H,2,13-22H2,1H3,(H,30,34)/t25-,26+/m1/s1. The topological polar surface area (TPSA) is 94.2 Å². The molecule has 1 fully saturated rings. The molecule has 37 heavy (non-hydrogen) atoms. The monoisotopic (exact) mass is 510 g/mol. The van der Waals surface area contributed by atoms with E-state index < -0.39 is 6.04 Å². The third-order valence-electron chi connectivity index (χ3n) is 6.28. The predicted octanol–water partition coefficient (Wildman–Crippen LogP) is 3.78. The van der Waals surface area contributed by atoms with Gasteiger partial charge < -0.3 is 24.4 Å². The zero-order valence-corrected chi connectivity index (χ0v) is 21.6. The molecule has 8 heteroatoms. The van der Waals surface area contributed by atoms with Gasteiger partial charge in [-0.25, -0.2) is 4.79 Å². The first kappa shape index (κ1) is 28.3. The lowest BCUT2D eigenvalue weighted by Gasteiger charge is -2.29. The second kappa shape index (κ2) is 15.8. The van der Waals surface area contributed by atoms with Gasteiger partial charge in [-0.1, -0.05) is 60.7 Å². The number of amides is 2. The molecule has 0 bridgehead atoms. The Labute approximate surface area is 219 Å². The zero-order valence-electron chi connectivity index (χ0n) is 21.6. The van der Waals surface area contributed by atoms with Crippen LogP contribution in [0.1, 0.15) is 37.3 Å². The molecule has 1 saturated heterocycles. The number of hydrogen-bond donors (Lipinski definition) is 1. The van der Waals surface area contributed by atoms with Crippen LogP contribution in [0.3, 0.4) is 0 Å². The number of nitrogens with zero attached hydrogens (tertiary/aromatic N) is 1. The molecule has 8 nitrogen and oxygen atoms in total. The predicted molar refractivity (Wildman–Crippen MR) is 140 cm³/mol. The SMILES string of the molecule is CCOC(=O)CC[C@@H](COCc1ccccc1)CC(=O)[C@H](Cc1ccccc1)NC(=O)N1CCOCC1. The zero-order chi connectivity index (χ0) is 26.3. The van der Waals surface area contributed by atoms with Gasteiger partial charge in [-0.2, -0.15) is 0 Å². The van der Waals surface area contributed by atoms with Gasteiger partial charge in [0.1, 0.15) is 0 Å². The average Bonchev–Trinajstić information content (AvgIpc) is 2.93. The van der Waals surface area contributed by atoms with Crippen molar-refractivity contribution in [2.45, 2.75) is 45.3 Å². The Balaban J connectivity index is 1.66. The average molecular weight is 511 g/mol. The molecule has 1 heterocycles. The minimum Gasteiger partial charge on any atom is -0.466 e. The molecule has 200 valence electrons.